The number of hydrogen-bond acceptors (Lipinski definition) is 4. The molecule has 2 aromatic carbocycles. The van der Waals surface area contributed by atoms with Crippen molar-refractivity contribution in [1.29, 1.82) is 0 Å². The molecule has 1 amide bonds. The van der Waals surface area contributed by atoms with E-state index in [1.54, 1.807) is 26.1 Å². The van der Waals surface area contributed by atoms with Gasteiger partial charge in [-0.1, -0.05) is 17.7 Å². The lowest BCUT2D eigenvalue weighted by Gasteiger charge is -2.56. The Labute approximate surface area is 176 Å². The molecule has 0 aliphatic carbocycles. The van der Waals surface area contributed by atoms with Crippen molar-refractivity contribution in [3.8, 4) is 11.5 Å². The van der Waals surface area contributed by atoms with Crippen LogP contribution in [0.1, 0.15) is 24.1 Å². The van der Waals surface area contributed by atoms with Crippen LogP contribution >= 0.6 is 12.2 Å². The topological polar surface area (TPSA) is 54.0 Å². The summed E-state index contributed by atoms with van der Waals surface area (Å²) in [4.78, 5) is 16.8. The predicted molar refractivity (Wildman–Crippen MR) is 116 cm³/mol. The van der Waals surface area contributed by atoms with Crippen molar-refractivity contribution in [2.24, 2.45) is 5.92 Å². The lowest BCUT2D eigenvalue weighted by molar-refractivity contribution is -0.144. The molecule has 0 aromatic heterocycles. The Morgan fingerprint density at radius 2 is 1.93 bits per heavy atom. The average Bonchev–Trinajstić information content (AvgIpc) is 2.68. The number of fused-ring (bicyclic) bond motifs is 4. The van der Waals surface area contributed by atoms with Crippen LogP contribution < -0.4 is 19.7 Å². The quantitative estimate of drug-likeness (QED) is 0.783. The van der Waals surface area contributed by atoms with Gasteiger partial charge >= 0.3 is 0 Å². The number of benzene rings is 2. The summed E-state index contributed by atoms with van der Waals surface area (Å²) in [5.74, 6) is 0.886. The van der Waals surface area contributed by atoms with Gasteiger partial charge in [0, 0.05) is 25.3 Å². The van der Waals surface area contributed by atoms with Gasteiger partial charge in [0.15, 0.2) is 10.8 Å². The third-order valence-corrected chi connectivity index (χ3v) is 6.00. The number of anilines is 1. The van der Waals surface area contributed by atoms with E-state index in [-0.39, 0.29) is 11.9 Å². The van der Waals surface area contributed by atoms with Crippen LogP contribution in [0, 0.1) is 12.8 Å². The molecule has 29 heavy (non-hydrogen) atoms. The second-order valence-electron chi connectivity index (χ2n) is 7.87. The van der Waals surface area contributed by atoms with Crippen LogP contribution in [0.5, 0.6) is 11.5 Å². The highest BCUT2D eigenvalue weighted by Crippen LogP contribution is 2.50. The zero-order chi connectivity index (χ0) is 20.9. The first-order valence-corrected chi connectivity index (χ1v) is 9.92. The van der Waals surface area contributed by atoms with Crippen LogP contribution in [0.25, 0.3) is 0 Å². The molecule has 3 unspecified atom stereocenters. The van der Waals surface area contributed by atoms with Crippen molar-refractivity contribution in [2.75, 3.05) is 26.1 Å². The van der Waals surface area contributed by atoms with E-state index in [1.165, 1.54) is 0 Å². The molecule has 7 heteroatoms. The number of aryl methyl sites for hydroxylation is 1. The van der Waals surface area contributed by atoms with Crippen molar-refractivity contribution in [3.63, 3.8) is 0 Å². The summed E-state index contributed by atoms with van der Waals surface area (Å²) in [5.41, 5.74) is 1.91. The molecule has 0 saturated carbocycles. The molecule has 1 saturated heterocycles. The molecular formula is C22H25N3O3S. The molecule has 1 N–H and O–H groups in total. The molecule has 2 aromatic rings. The maximum absolute atomic E-state index is 13.3. The van der Waals surface area contributed by atoms with Crippen molar-refractivity contribution >= 4 is 28.9 Å². The van der Waals surface area contributed by atoms with Gasteiger partial charge in [0.1, 0.15) is 17.4 Å². The number of thiocarbonyl (C=S) groups is 1. The summed E-state index contributed by atoms with van der Waals surface area (Å²) in [6, 6.07) is 13.4. The summed E-state index contributed by atoms with van der Waals surface area (Å²) in [7, 11) is 5.14. The lowest BCUT2D eigenvalue weighted by Crippen LogP contribution is -2.72. The summed E-state index contributed by atoms with van der Waals surface area (Å²) in [6.07, 6.45) is 0. The molecule has 6 nitrogen and oxygen atoms in total. The van der Waals surface area contributed by atoms with Crippen LogP contribution in [0.2, 0.25) is 0 Å². The molecule has 0 spiro atoms. The maximum atomic E-state index is 13.3. The number of nitrogens with one attached hydrogen (secondary N) is 1. The Hall–Kier alpha value is -2.80. The van der Waals surface area contributed by atoms with Gasteiger partial charge in [-0.3, -0.25) is 9.69 Å². The number of carbonyl (C=O) groups is 1. The third-order valence-electron chi connectivity index (χ3n) is 5.70. The second kappa shape index (κ2) is 6.91. The van der Waals surface area contributed by atoms with E-state index >= 15 is 0 Å². The fraction of sp³-hybridized carbons (Fsp3) is 0.364. The lowest BCUT2D eigenvalue weighted by atomic mass is 9.78. The van der Waals surface area contributed by atoms with Crippen LogP contribution in [-0.2, 0) is 4.79 Å². The minimum Gasteiger partial charge on any atom is -0.497 e. The fourth-order valence-electron chi connectivity index (χ4n) is 4.23. The molecule has 2 bridgehead atoms. The van der Waals surface area contributed by atoms with Crippen LogP contribution in [0.3, 0.4) is 0 Å². The largest absolute Gasteiger partial charge is 0.497 e. The molecule has 152 valence electrons. The summed E-state index contributed by atoms with van der Waals surface area (Å²) in [5, 5.41) is 3.93. The molecule has 2 aliphatic heterocycles. The molecule has 0 radical (unpaired) electrons. The van der Waals surface area contributed by atoms with Gasteiger partial charge < -0.3 is 19.7 Å². The Kier molecular flexibility index (Phi) is 4.65. The Morgan fingerprint density at radius 1 is 1.24 bits per heavy atom. The molecule has 3 atom stereocenters. The second-order valence-corrected chi connectivity index (χ2v) is 8.26. The van der Waals surface area contributed by atoms with Gasteiger partial charge in [-0.15, -0.1) is 0 Å². The van der Waals surface area contributed by atoms with Gasteiger partial charge in [0.05, 0.1) is 13.2 Å². The molecule has 2 aliphatic rings. The van der Waals surface area contributed by atoms with Crippen molar-refractivity contribution < 1.29 is 14.3 Å². The number of methoxy groups -OCH3 is 1. The van der Waals surface area contributed by atoms with Gasteiger partial charge in [-0.25, -0.2) is 0 Å². The van der Waals surface area contributed by atoms with Gasteiger partial charge in [0.25, 0.3) is 0 Å². The Balaban J connectivity index is 1.90. The number of nitrogens with zero attached hydrogens (tertiary/aromatic N) is 2. The first-order valence-electron chi connectivity index (χ1n) is 9.52. The fourth-order valence-corrected chi connectivity index (χ4v) is 4.64. The summed E-state index contributed by atoms with van der Waals surface area (Å²) >= 11 is 5.74. The van der Waals surface area contributed by atoms with Gasteiger partial charge in [0.2, 0.25) is 5.91 Å². The average molecular weight is 412 g/mol. The molecule has 1 fully saturated rings. The van der Waals surface area contributed by atoms with E-state index in [1.807, 2.05) is 61.2 Å². The highest BCUT2D eigenvalue weighted by molar-refractivity contribution is 7.80. The smallest absolute Gasteiger partial charge is 0.233 e. The van der Waals surface area contributed by atoms with E-state index in [2.05, 4.69) is 5.32 Å². The minimum absolute atomic E-state index is 0.0296. The molecular weight excluding hydrogens is 386 g/mol. The zero-order valence-corrected chi connectivity index (χ0v) is 18.0. The van der Waals surface area contributed by atoms with E-state index in [0.717, 1.165) is 16.8 Å². The summed E-state index contributed by atoms with van der Waals surface area (Å²) in [6.45, 7) is 3.97. The highest BCUT2D eigenvalue weighted by atomic mass is 32.1. The molecule has 4 rings (SSSR count). The number of rotatable bonds is 3. The number of amides is 1. The monoisotopic (exact) mass is 411 g/mol. The highest BCUT2D eigenvalue weighted by Gasteiger charge is 2.59. The molecule has 2 heterocycles. The van der Waals surface area contributed by atoms with E-state index in [4.69, 9.17) is 21.7 Å². The van der Waals surface area contributed by atoms with Gasteiger partial charge in [-0.2, -0.15) is 0 Å². The maximum Gasteiger partial charge on any atom is 0.233 e. The van der Waals surface area contributed by atoms with E-state index in [0.29, 0.717) is 16.6 Å². The van der Waals surface area contributed by atoms with Crippen molar-refractivity contribution in [1.82, 2.24) is 10.2 Å². The van der Waals surface area contributed by atoms with Crippen LogP contribution in [0.15, 0.2) is 42.5 Å². The number of carbonyl (C=O) groups excluding carboxylic acids is 1. The predicted octanol–water partition coefficient (Wildman–Crippen LogP) is 3.25. The van der Waals surface area contributed by atoms with Crippen molar-refractivity contribution in [2.45, 2.75) is 25.6 Å². The first-order chi connectivity index (χ1) is 13.8. The van der Waals surface area contributed by atoms with Crippen LogP contribution in [0.4, 0.5) is 5.69 Å². The third kappa shape index (κ3) is 3.00. The normalized spacial score (nSPS) is 24.9. The summed E-state index contributed by atoms with van der Waals surface area (Å²) < 4.78 is 11.9. The standard InChI is InChI=1S/C22H25N3O3S/c1-13-6-8-14(9-7-13)25-21(29)23-19-16-12-15(27-5)10-11-17(16)28-22(25,2)18(19)20(26)24(3)4/h6-12,18-19H,1-5H3,(H,23,29). The van der Waals surface area contributed by atoms with E-state index in [9.17, 15) is 4.79 Å². The first kappa shape index (κ1) is 19.5. The van der Waals surface area contributed by atoms with Crippen LogP contribution in [-0.4, -0.2) is 42.8 Å². The minimum atomic E-state index is -0.981. The number of ether oxygens (including phenoxy) is 2. The van der Waals surface area contributed by atoms with Crippen molar-refractivity contribution in [3.05, 3.63) is 53.6 Å². The number of hydrogen-bond donors (Lipinski definition) is 1. The zero-order valence-electron chi connectivity index (χ0n) is 17.2. The van der Waals surface area contributed by atoms with E-state index < -0.39 is 11.6 Å². The van der Waals surface area contributed by atoms with Gasteiger partial charge in [-0.05, 0) is 56.4 Å². The SMILES string of the molecule is COc1ccc2c(c1)C1NC(=S)N(c3ccc(C)cc3)C(C)(O2)C1C(=O)N(C)C. The Bertz CT molecular complexity index is 976. The Morgan fingerprint density at radius 3 is 2.55 bits per heavy atom.